The number of aliphatic carboxylic acids is 1. The Bertz CT molecular complexity index is 130. The number of hydrogen-bond donors (Lipinski definition) is 1. The molecule has 1 rings (SSSR count). The lowest BCUT2D eigenvalue weighted by Crippen LogP contribution is -2.24. The molecule has 3 heteroatoms. The maximum Gasteiger partial charge on any atom is 0.303 e. The predicted molar refractivity (Wildman–Crippen MR) is 41.5 cm³/mol. The molecule has 1 saturated heterocycles. The largest absolute Gasteiger partial charge is 0.481 e. The molecule has 0 aromatic rings. The van der Waals surface area contributed by atoms with E-state index in [4.69, 9.17) is 5.11 Å². The molecule has 1 atom stereocenters. The maximum absolute atomic E-state index is 10.2. The average Bonchev–Trinajstić information content (AvgIpc) is 2.03. The molecule has 1 aliphatic heterocycles. The van der Waals surface area contributed by atoms with Crippen LogP contribution in [0.15, 0.2) is 0 Å². The van der Waals surface area contributed by atoms with Crippen molar-refractivity contribution < 1.29 is 9.90 Å². The lowest BCUT2D eigenvalue weighted by molar-refractivity contribution is -0.137. The third kappa shape index (κ3) is 3.37. The average molecular weight is 156 g/mol. The van der Waals surface area contributed by atoms with E-state index < -0.39 is 5.97 Å². The monoisotopic (exact) mass is 156 g/mol. The highest BCUT2D eigenvalue weighted by atomic mass is 16.4. The molecule has 1 heterocycles. The Labute approximate surface area is 66.8 Å². The second-order valence-electron chi connectivity index (χ2n) is 3.07. The van der Waals surface area contributed by atoms with E-state index in [2.05, 4.69) is 5.32 Å². The first kappa shape index (κ1) is 8.53. The minimum atomic E-state index is -0.685. The molecule has 0 spiro atoms. The number of hydrogen-bond acceptors (Lipinski definition) is 1. The van der Waals surface area contributed by atoms with E-state index >= 15 is 0 Å². The second kappa shape index (κ2) is 4.34. The Morgan fingerprint density at radius 3 is 3.00 bits per heavy atom. The van der Waals surface area contributed by atoms with Crippen LogP contribution in [0.4, 0.5) is 0 Å². The molecular weight excluding hydrogens is 142 g/mol. The first-order valence-corrected chi connectivity index (χ1v) is 4.14. The zero-order valence-electron chi connectivity index (χ0n) is 6.62. The van der Waals surface area contributed by atoms with E-state index in [0.29, 0.717) is 12.3 Å². The first-order chi connectivity index (χ1) is 5.29. The van der Waals surface area contributed by atoms with E-state index in [1.54, 1.807) is 0 Å². The molecule has 1 N–H and O–H groups in total. The van der Waals surface area contributed by atoms with Crippen LogP contribution in [0.1, 0.15) is 25.7 Å². The number of piperidine rings is 1. The van der Waals surface area contributed by atoms with Gasteiger partial charge in [-0.15, -0.1) is 0 Å². The van der Waals surface area contributed by atoms with Gasteiger partial charge >= 0.3 is 5.97 Å². The molecule has 0 saturated carbocycles. The fraction of sp³-hybridized carbons (Fsp3) is 0.875. The zero-order chi connectivity index (χ0) is 8.10. The molecule has 62 valence electrons. The van der Waals surface area contributed by atoms with Crippen molar-refractivity contribution in [1.82, 2.24) is 5.32 Å². The van der Waals surface area contributed by atoms with Crippen LogP contribution in [0.3, 0.4) is 0 Å². The van der Waals surface area contributed by atoms with Gasteiger partial charge in [0.25, 0.3) is 0 Å². The Kier molecular flexibility index (Phi) is 3.36. The van der Waals surface area contributed by atoms with Gasteiger partial charge in [-0.3, -0.25) is 4.79 Å². The number of carboxylic acids is 1. The van der Waals surface area contributed by atoms with Crippen LogP contribution in [0, 0.1) is 5.92 Å². The highest BCUT2D eigenvalue weighted by Gasteiger charge is 2.22. The first-order valence-electron chi connectivity index (χ1n) is 4.14. The summed E-state index contributed by atoms with van der Waals surface area (Å²) < 4.78 is 0. The topological polar surface area (TPSA) is 51.4 Å². The van der Waals surface area contributed by atoms with Gasteiger partial charge in [-0.2, -0.15) is 0 Å². The van der Waals surface area contributed by atoms with Crippen LogP contribution in [0.2, 0.25) is 0 Å². The maximum atomic E-state index is 10.2. The van der Waals surface area contributed by atoms with Crippen LogP contribution in [0.25, 0.3) is 0 Å². The summed E-state index contributed by atoms with van der Waals surface area (Å²) >= 11 is 0. The molecule has 1 unspecified atom stereocenters. The second-order valence-corrected chi connectivity index (χ2v) is 3.07. The molecule has 1 aliphatic rings. The van der Waals surface area contributed by atoms with E-state index in [9.17, 15) is 4.79 Å². The van der Waals surface area contributed by atoms with Gasteiger partial charge in [-0.1, -0.05) is 0 Å². The van der Waals surface area contributed by atoms with E-state index in [0.717, 1.165) is 32.4 Å². The zero-order valence-corrected chi connectivity index (χ0v) is 6.62. The van der Waals surface area contributed by atoms with Gasteiger partial charge < -0.3 is 5.11 Å². The molecule has 0 amide bonds. The molecule has 0 aliphatic carbocycles. The molecule has 0 aromatic heterocycles. The van der Waals surface area contributed by atoms with Crippen molar-refractivity contribution in [1.29, 1.82) is 0 Å². The minimum Gasteiger partial charge on any atom is -0.481 e. The fourth-order valence-electron chi connectivity index (χ4n) is 1.42. The van der Waals surface area contributed by atoms with Crippen molar-refractivity contribution >= 4 is 5.97 Å². The van der Waals surface area contributed by atoms with Crippen molar-refractivity contribution in [3.05, 3.63) is 0 Å². The van der Waals surface area contributed by atoms with Gasteiger partial charge in [0.05, 0.1) is 5.32 Å². The van der Waals surface area contributed by atoms with Gasteiger partial charge in [0.15, 0.2) is 13.1 Å². The Balaban J connectivity index is 2.09. The highest BCUT2D eigenvalue weighted by molar-refractivity contribution is 5.66. The molecule has 11 heavy (non-hydrogen) atoms. The molecule has 0 bridgehead atoms. The van der Waals surface area contributed by atoms with Gasteiger partial charge in [-0.25, -0.2) is 0 Å². The van der Waals surface area contributed by atoms with E-state index in [1.807, 2.05) is 0 Å². The van der Waals surface area contributed by atoms with Crippen molar-refractivity contribution in [3.8, 4) is 0 Å². The SMILES string of the molecule is O=C(O)CCC1CCC[N+]C1. The number of rotatable bonds is 3. The van der Waals surface area contributed by atoms with Crippen LogP contribution in [-0.2, 0) is 4.79 Å². The predicted octanol–water partition coefficient (Wildman–Crippen LogP) is 0.866. The van der Waals surface area contributed by atoms with Crippen molar-refractivity contribution in [2.24, 2.45) is 5.92 Å². The number of nitrogens with zero attached hydrogens (tertiary/aromatic N) is 1. The molecule has 2 radical (unpaired) electrons. The smallest absolute Gasteiger partial charge is 0.303 e. The van der Waals surface area contributed by atoms with E-state index in [1.165, 1.54) is 0 Å². The summed E-state index contributed by atoms with van der Waals surface area (Å²) in [6.45, 7) is 1.86. The summed E-state index contributed by atoms with van der Waals surface area (Å²) in [7, 11) is 0. The Morgan fingerprint density at radius 1 is 1.64 bits per heavy atom. The Hall–Kier alpha value is -0.570. The summed E-state index contributed by atoms with van der Waals surface area (Å²) in [5.41, 5.74) is 0. The van der Waals surface area contributed by atoms with Gasteiger partial charge in [0.2, 0.25) is 0 Å². The van der Waals surface area contributed by atoms with Gasteiger partial charge in [0, 0.05) is 18.8 Å². The normalized spacial score (nSPS) is 24.9. The molecule has 1 fully saturated rings. The van der Waals surface area contributed by atoms with E-state index in [-0.39, 0.29) is 0 Å². The summed E-state index contributed by atoms with van der Waals surface area (Å²) in [4.78, 5) is 10.2. The molecule has 3 nitrogen and oxygen atoms in total. The molecule has 0 aromatic carbocycles. The lowest BCUT2D eigenvalue weighted by atomic mass is 9.95. The standard InChI is InChI=1S/C8H14NO2/c10-8(11)4-3-7-2-1-5-9-6-7/h7H,1-6H2,(H,10,11)/q+1. The molecular formula is C8H14NO2+. The number of carbonyl (C=O) groups is 1. The van der Waals surface area contributed by atoms with Gasteiger partial charge in [-0.05, 0) is 12.8 Å². The third-order valence-electron chi connectivity index (χ3n) is 2.08. The van der Waals surface area contributed by atoms with Crippen molar-refractivity contribution in [2.75, 3.05) is 13.1 Å². The van der Waals surface area contributed by atoms with Crippen molar-refractivity contribution in [2.45, 2.75) is 25.7 Å². The lowest BCUT2D eigenvalue weighted by Gasteiger charge is -2.11. The minimum absolute atomic E-state index is 0.306. The van der Waals surface area contributed by atoms with Crippen LogP contribution >= 0.6 is 0 Å². The third-order valence-corrected chi connectivity index (χ3v) is 2.08. The van der Waals surface area contributed by atoms with Gasteiger partial charge in [0.1, 0.15) is 0 Å². The fourth-order valence-corrected chi connectivity index (χ4v) is 1.42. The summed E-state index contributed by atoms with van der Waals surface area (Å²) in [6, 6.07) is 0. The van der Waals surface area contributed by atoms with Crippen LogP contribution in [0.5, 0.6) is 0 Å². The number of carboxylic acid groups (broad SMARTS) is 1. The summed E-state index contributed by atoms with van der Waals surface area (Å²) in [6.07, 6.45) is 3.42. The van der Waals surface area contributed by atoms with Crippen LogP contribution in [-0.4, -0.2) is 24.2 Å². The summed E-state index contributed by atoms with van der Waals surface area (Å²) in [5.74, 6) is -0.143. The highest BCUT2D eigenvalue weighted by Crippen LogP contribution is 2.16. The summed E-state index contributed by atoms with van der Waals surface area (Å²) in [5, 5.41) is 12.7. The Morgan fingerprint density at radius 2 is 2.45 bits per heavy atom. The van der Waals surface area contributed by atoms with Crippen molar-refractivity contribution in [3.63, 3.8) is 0 Å². The quantitative estimate of drug-likeness (QED) is 0.659. The van der Waals surface area contributed by atoms with Crippen LogP contribution < -0.4 is 5.32 Å².